The minimum Gasteiger partial charge on any atom is -0.400 e. The Labute approximate surface area is 56.9 Å². The van der Waals surface area contributed by atoms with Crippen LogP contribution in [0.4, 0.5) is 0 Å². The Hall–Kier alpha value is -0.370. The maximum absolute atomic E-state index is 10.5. The lowest BCUT2D eigenvalue weighted by molar-refractivity contribution is -0.124. The van der Waals surface area contributed by atoms with Crippen LogP contribution in [0.5, 0.6) is 0 Å². The lowest BCUT2D eigenvalue weighted by atomic mass is 9.92. The van der Waals surface area contributed by atoms with Crippen molar-refractivity contribution in [3.05, 3.63) is 0 Å². The summed E-state index contributed by atoms with van der Waals surface area (Å²) in [4.78, 5) is 10.5. The summed E-state index contributed by atoms with van der Waals surface area (Å²) in [7, 11) is 1.00. The smallest absolute Gasteiger partial charge is 0.135 e. The second-order valence-electron chi connectivity index (χ2n) is 2.81. The van der Waals surface area contributed by atoms with Crippen LogP contribution in [-0.2, 0) is 4.79 Å². The van der Waals surface area contributed by atoms with Gasteiger partial charge in [-0.3, -0.25) is 4.79 Å². The van der Waals surface area contributed by atoms with Crippen LogP contribution in [-0.4, -0.2) is 18.0 Å². The molecule has 0 radical (unpaired) electrons. The number of carbonyl (C=O) groups excluding carboxylic acids is 1. The van der Waals surface area contributed by atoms with Gasteiger partial charge in [0.05, 0.1) is 0 Å². The average molecular weight is 132 g/mol. The van der Waals surface area contributed by atoms with Crippen LogP contribution in [0.15, 0.2) is 0 Å². The van der Waals surface area contributed by atoms with E-state index in [2.05, 4.69) is 0 Å². The number of ketones is 1. The minimum atomic E-state index is -0.139. The third kappa shape index (κ3) is 7.63. The van der Waals surface area contributed by atoms with Gasteiger partial charge in [-0.15, -0.1) is 0 Å². The van der Waals surface area contributed by atoms with Crippen molar-refractivity contribution in [2.75, 3.05) is 7.11 Å². The second-order valence-corrected chi connectivity index (χ2v) is 2.81. The third-order valence-corrected chi connectivity index (χ3v) is 1.06. The van der Waals surface area contributed by atoms with Crippen molar-refractivity contribution in [2.24, 2.45) is 5.41 Å². The number of Topliss-reactive ketones (excluding diaryl/α,β-unsaturated/α-hetero) is 1. The fraction of sp³-hybridized carbons (Fsp3) is 0.857. The molecule has 0 atom stereocenters. The number of aliphatic hydroxyl groups excluding tert-OH is 1. The van der Waals surface area contributed by atoms with Crippen LogP contribution in [0.25, 0.3) is 0 Å². The van der Waals surface area contributed by atoms with E-state index in [0.717, 1.165) is 7.11 Å². The molecule has 2 nitrogen and oxygen atoms in total. The zero-order valence-corrected chi connectivity index (χ0v) is 6.86. The lowest BCUT2D eigenvalue weighted by Gasteiger charge is -2.11. The van der Waals surface area contributed by atoms with Crippen molar-refractivity contribution in [2.45, 2.75) is 27.7 Å². The Morgan fingerprint density at radius 1 is 1.22 bits per heavy atom. The molecule has 0 spiro atoms. The largest absolute Gasteiger partial charge is 0.400 e. The molecule has 0 unspecified atom stereocenters. The predicted molar refractivity (Wildman–Crippen MR) is 38.3 cm³/mol. The lowest BCUT2D eigenvalue weighted by Crippen LogP contribution is -2.15. The van der Waals surface area contributed by atoms with Gasteiger partial charge in [0.1, 0.15) is 5.78 Å². The van der Waals surface area contributed by atoms with E-state index >= 15 is 0 Å². The summed E-state index contributed by atoms with van der Waals surface area (Å²) in [5.74, 6) is 0.243. The molecule has 0 aliphatic rings. The van der Waals surface area contributed by atoms with E-state index in [4.69, 9.17) is 5.11 Å². The monoisotopic (exact) mass is 132 g/mol. The SMILES string of the molecule is CC(=O)C(C)(C)C.CO. The molecule has 0 fully saturated rings. The van der Waals surface area contributed by atoms with E-state index in [-0.39, 0.29) is 11.2 Å². The van der Waals surface area contributed by atoms with E-state index in [1.807, 2.05) is 20.8 Å². The van der Waals surface area contributed by atoms with Gasteiger partial charge in [-0.1, -0.05) is 20.8 Å². The van der Waals surface area contributed by atoms with Crippen LogP contribution in [0, 0.1) is 5.41 Å². The molecule has 0 saturated heterocycles. The molecular formula is C7H16O2. The van der Waals surface area contributed by atoms with Gasteiger partial charge < -0.3 is 5.11 Å². The fourth-order valence-corrected chi connectivity index (χ4v) is 0. The highest BCUT2D eigenvalue weighted by molar-refractivity contribution is 5.80. The quantitative estimate of drug-likeness (QED) is 0.538. The zero-order chi connectivity index (χ0) is 8.08. The minimum absolute atomic E-state index is 0.139. The Bertz CT molecular complexity index is 79.4. The molecule has 1 N–H and O–H groups in total. The summed E-state index contributed by atoms with van der Waals surface area (Å²) in [5, 5.41) is 7.00. The molecular weight excluding hydrogens is 116 g/mol. The van der Waals surface area contributed by atoms with Gasteiger partial charge in [0.25, 0.3) is 0 Å². The predicted octanol–water partition coefficient (Wildman–Crippen LogP) is 1.23. The molecule has 0 saturated carbocycles. The van der Waals surface area contributed by atoms with Gasteiger partial charge in [-0.25, -0.2) is 0 Å². The van der Waals surface area contributed by atoms with E-state index in [1.165, 1.54) is 0 Å². The fourth-order valence-electron chi connectivity index (χ4n) is 0. The van der Waals surface area contributed by atoms with Crippen molar-refractivity contribution in [1.82, 2.24) is 0 Å². The van der Waals surface area contributed by atoms with Crippen molar-refractivity contribution in [1.29, 1.82) is 0 Å². The number of aliphatic hydroxyl groups is 1. The average Bonchev–Trinajstić information content (AvgIpc) is 1.69. The van der Waals surface area contributed by atoms with Crippen molar-refractivity contribution in [3.8, 4) is 0 Å². The van der Waals surface area contributed by atoms with Crippen LogP contribution in [0.3, 0.4) is 0 Å². The zero-order valence-electron chi connectivity index (χ0n) is 6.86. The van der Waals surface area contributed by atoms with E-state index in [0.29, 0.717) is 0 Å². The highest BCUT2D eigenvalue weighted by Crippen LogP contribution is 2.12. The first-order valence-electron chi connectivity index (χ1n) is 2.90. The van der Waals surface area contributed by atoms with Gasteiger partial charge in [0.15, 0.2) is 0 Å². The maximum Gasteiger partial charge on any atom is 0.135 e. The number of hydrogen-bond acceptors (Lipinski definition) is 2. The third-order valence-electron chi connectivity index (χ3n) is 1.06. The Morgan fingerprint density at radius 3 is 1.33 bits per heavy atom. The Balaban J connectivity index is 0. The molecule has 0 bridgehead atoms. The summed E-state index contributed by atoms with van der Waals surface area (Å²) < 4.78 is 0. The highest BCUT2D eigenvalue weighted by Gasteiger charge is 2.14. The molecule has 0 aromatic rings. The Morgan fingerprint density at radius 2 is 1.33 bits per heavy atom. The highest BCUT2D eigenvalue weighted by atomic mass is 16.2. The van der Waals surface area contributed by atoms with Crippen molar-refractivity contribution >= 4 is 5.78 Å². The summed E-state index contributed by atoms with van der Waals surface area (Å²) >= 11 is 0. The maximum atomic E-state index is 10.5. The van der Waals surface area contributed by atoms with Gasteiger partial charge in [-0.05, 0) is 6.92 Å². The van der Waals surface area contributed by atoms with E-state index in [1.54, 1.807) is 6.92 Å². The molecule has 9 heavy (non-hydrogen) atoms. The second kappa shape index (κ2) is 4.50. The van der Waals surface area contributed by atoms with Crippen LogP contribution in [0.1, 0.15) is 27.7 Å². The molecule has 0 aliphatic carbocycles. The van der Waals surface area contributed by atoms with Gasteiger partial charge in [-0.2, -0.15) is 0 Å². The molecule has 0 amide bonds. The van der Waals surface area contributed by atoms with Crippen molar-refractivity contribution in [3.63, 3.8) is 0 Å². The van der Waals surface area contributed by atoms with Crippen LogP contribution in [0.2, 0.25) is 0 Å². The Kier molecular flexibility index (Phi) is 5.72. The van der Waals surface area contributed by atoms with Crippen LogP contribution >= 0.6 is 0 Å². The number of hydrogen-bond donors (Lipinski definition) is 1. The standard InChI is InChI=1S/C6H12O.CH4O/c1-5(7)6(2,3)4;1-2/h1-4H3;2H,1H3. The number of rotatable bonds is 0. The first-order valence-corrected chi connectivity index (χ1v) is 2.90. The molecule has 0 aliphatic heterocycles. The topological polar surface area (TPSA) is 37.3 Å². The van der Waals surface area contributed by atoms with Crippen LogP contribution < -0.4 is 0 Å². The first-order chi connectivity index (χ1) is 3.94. The summed E-state index contributed by atoms with van der Waals surface area (Å²) in [5.41, 5.74) is -0.139. The summed E-state index contributed by atoms with van der Waals surface area (Å²) in [6.45, 7) is 7.35. The molecule has 0 aromatic carbocycles. The van der Waals surface area contributed by atoms with E-state index in [9.17, 15) is 4.79 Å². The molecule has 0 rings (SSSR count). The summed E-state index contributed by atoms with van der Waals surface area (Å²) in [6, 6.07) is 0. The molecule has 56 valence electrons. The molecule has 2 heteroatoms. The number of carbonyl (C=O) groups is 1. The van der Waals surface area contributed by atoms with Gasteiger partial charge in [0, 0.05) is 12.5 Å². The van der Waals surface area contributed by atoms with Crippen molar-refractivity contribution < 1.29 is 9.90 Å². The molecule has 0 aromatic heterocycles. The summed E-state index contributed by atoms with van der Waals surface area (Å²) in [6.07, 6.45) is 0. The normalized spacial score (nSPS) is 9.56. The van der Waals surface area contributed by atoms with Gasteiger partial charge in [0.2, 0.25) is 0 Å². The molecule has 0 heterocycles. The van der Waals surface area contributed by atoms with E-state index < -0.39 is 0 Å². The van der Waals surface area contributed by atoms with Gasteiger partial charge >= 0.3 is 0 Å². The first kappa shape index (κ1) is 11.4.